The highest BCUT2D eigenvalue weighted by atomic mass is 35.5. The summed E-state index contributed by atoms with van der Waals surface area (Å²) in [5, 5.41) is 12.0. The molecule has 0 aliphatic rings. The number of halogens is 2. The number of benzene rings is 2. The van der Waals surface area contributed by atoms with Gasteiger partial charge in [0.2, 0.25) is 0 Å². The van der Waals surface area contributed by atoms with E-state index in [2.05, 4.69) is 5.32 Å². The van der Waals surface area contributed by atoms with Crippen LogP contribution in [0.1, 0.15) is 16.7 Å². The number of hydrogen-bond donors (Lipinski definition) is 1. The molecule has 116 valence electrons. The van der Waals surface area contributed by atoms with Gasteiger partial charge in [0.15, 0.2) is 0 Å². The summed E-state index contributed by atoms with van der Waals surface area (Å²) in [7, 11) is 0. The van der Waals surface area contributed by atoms with E-state index in [1.54, 1.807) is 12.1 Å². The van der Waals surface area contributed by atoms with E-state index in [4.69, 9.17) is 11.6 Å². The molecule has 1 N–H and O–H groups in total. The maximum absolute atomic E-state index is 13.8. The monoisotopic (exact) mass is 328 g/mol. The van der Waals surface area contributed by atoms with Gasteiger partial charge >= 0.3 is 0 Å². The normalized spacial score (nSPS) is 11.0. The Morgan fingerprint density at radius 2 is 2.04 bits per heavy atom. The molecule has 0 aliphatic carbocycles. The molecule has 2 aromatic carbocycles. The summed E-state index contributed by atoms with van der Waals surface area (Å²) in [5.41, 5.74) is 2.33. The Morgan fingerprint density at radius 3 is 2.65 bits per heavy atom. The second kappa shape index (κ2) is 7.08. The Morgan fingerprint density at radius 1 is 1.30 bits per heavy atom. The standard InChI is InChI=1S/C18H14ClFN2O/c1-11-6-7-17(12(2)8-11)22-18(23)13(10-21)9-14-15(19)4-3-5-16(14)20/h3-9H,1-2H3,(H,22,23)/b13-9+. The van der Waals surface area contributed by atoms with Gasteiger partial charge in [-0.3, -0.25) is 4.79 Å². The van der Waals surface area contributed by atoms with E-state index in [1.165, 1.54) is 18.2 Å². The Hall–Kier alpha value is -2.64. The van der Waals surface area contributed by atoms with Crippen molar-refractivity contribution in [2.24, 2.45) is 0 Å². The van der Waals surface area contributed by atoms with Crippen LogP contribution in [0.15, 0.2) is 42.0 Å². The number of rotatable bonds is 3. The Bertz CT molecular complexity index is 817. The number of amides is 1. The third-order valence-corrected chi connectivity index (χ3v) is 3.61. The van der Waals surface area contributed by atoms with E-state index in [0.29, 0.717) is 5.69 Å². The molecule has 2 aromatic rings. The van der Waals surface area contributed by atoms with Crippen LogP contribution in [-0.4, -0.2) is 5.91 Å². The molecule has 1 amide bonds. The lowest BCUT2D eigenvalue weighted by Gasteiger charge is -2.09. The molecule has 0 aliphatic heterocycles. The molecule has 0 unspecified atom stereocenters. The molecule has 0 bridgehead atoms. The molecule has 2 rings (SSSR count). The molecular formula is C18H14ClFN2O. The quantitative estimate of drug-likeness (QED) is 0.659. The number of nitriles is 1. The van der Waals surface area contributed by atoms with Crippen molar-refractivity contribution < 1.29 is 9.18 Å². The van der Waals surface area contributed by atoms with Gasteiger partial charge in [-0.15, -0.1) is 0 Å². The Labute approximate surface area is 139 Å². The Balaban J connectivity index is 2.32. The highest BCUT2D eigenvalue weighted by molar-refractivity contribution is 6.32. The summed E-state index contributed by atoms with van der Waals surface area (Å²) in [6, 6.07) is 11.5. The van der Waals surface area contributed by atoms with Crippen LogP contribution < -0.4 is 5.32 Å². The zero-order chi connectivity index (χ0) is 17.0. The minimum Gasteiger partial charge on any atom is -0.321 e. The predicted molar refractivity (Wildman–Crippen MR) is 89.5 cm³/mol. The first-order valence-electron chi connectivity index (χ1n) is 6.87. The SMILES string of the molecule is Cc1ccc(NC(=O)/C(C#N)=C/c2c(F)cccc2Cl)c(C)c1. The average molecular weight is 329 g/mol. The lowest BCUT2D eigenvalue weighted by Crippen LogP contribution is -2.14. The summed E-state index contributed by atoms with van der Waals surface area (Å²) >= 11 is 5.91. The maximum Gasteiger partial charge on any atom is 0.266 e. The number of carbonyl (C=O) groups excluding carboxylic acids is 1. The van der Waals surface area contributed by atoms with Crippen molar-refractivity contribution in [2.45, 2.75) is 13.8 Å². The van der Waals surface area contributed by atoms with Gasteiger partial charge in [-0.2, -0.15) is 5.26 Å². The van der Waals surface area contributed by atoms with Crippen LogP contribution in [0.3, 0.4) is 0 Å². The number of carbonyl (C=O) groups is 1. The van der Waals surface area contributed by atoms with Gasteiger partial charge in [0.25, 0.3) is 5.91 Å². The summed E-state index contributed by atoms with van der Waals surface area (Å²) in [6.07, 6.45) is 1.15. The third-order valence-electron chi connectivity index (χ3n) is 3.28. The highest BCUT2D eigenvalue weighted by Gasteiger charge is 2.13. The molecule has 0 spiro atoms. The van der Waals surface area contributed by atoms with Gasteiger partial charge in [0.1, 0.15) is 17.5 Å². The van der Waals surface area contributed by atoms with E-state index < -0.39 is 11.7 Å². The second-order valence-corrected chi connectivity index (χ2v) is 5.48. The van der Waals surface area contributed by atoms with Gasteiger partial charge in [-0.25, -0.2) is 4.39 Å². The zero-order valence-electron chi connectivity index (χ0n) is 12.7. The van der Waals surface area contributed by atoms with E-state index in [-0.39, 0.29) is 16.2 Å². The molecule has 0 radical (unpaired) electrons. The minimum absolute atomic E-state index is 0.0153. The predicted octanol–water partition coefficient (Wildman–Crippen LogP) is 4.64. The van der Waals surface area contributed by atoms with Gasteiger partial charge in [-0.1, -0.05) is 35.4 Å². The topological polar surface area (TPSA) is 52.9 Å². The first-order chi connectivity index (χ1) is 10.9. The van der Waals surface area contributed by atoms with E-state index in [1.807, 2.05) is 26.0 Å². The fourth-order valence-electron chi connectivity index (χ4n) is 2.09. The molecule has 23 heavy (non-hydrogen) atoms. The molecule has 0 saturated heterocycles. The lowest BCUT2D eigenvalue weighted by molar-refractivity contribution is -0.112. The van der Waals surface area contributed by atoms with Crippen molar-refractivity contribution in [3.63, 3.8) is 0 Å². The number of nitrogens with zero attached hydrogens (tertiary/aromatic N) is 1. The molecule has 0 atom stereocenters. The number of aryl methyl sites for hydroxylation is 2. The first-order valence-corrected chi connectivity index (χ1v) is 7.24. The molecule has 5 heteroatoms. The highest BCUT2D eigenvalue weighted by Crippen LogP contribution is 2.23. The fraction of sp³-hybridized carbons (Fsp3) is 0.111. The van der Waals surface area contributed by atoms with Crippen molar-refractivity contribution in [3.8, 4) is 6.07 Å². The van der Waals surface area contributed by atoms with Crippen molar-refractivity contribution in [2.75, 3.05) is 5.32 Å². The summed E-state index contributed by atoms with van der Waals surface area (Å²) in [4.78, 5) is 12.2. The number of anilines is 1. The minimum atomic E-state index is -0.612. The molecule has 0 fully saturated rings. The maximum atomic E-state index is 13.8. The van der Waals surface area contributed by atoms with Crippen molar-refractivity contribution >= 4 is 29.3 Å². The van der Waals surface area contributed by atoms with E-state index >= 15 is 0 Å². The van der Waals surface area contributed by atoms with Crippen LogP contribution >= 0.6 is 11.6 Å². The molecule has 3 nitrogen and oxygen atoms in total. The van der Waals surface area contributed by atoms with Crippen molar-refractivity contribution in [3.05, 3.63) is 69.5 Å². The molecule has 0 saturated carbocycles. The smallest absolute Gasteiger partial charge is 0.266 e. The third kappa shape index (κ3) is 3.97. The van der Waals surface area contributed by atoms with Crippen molar-refractivity contribution in [1.82, 2.24) is 0 Å². The van der Waals surface area contributed by atoms with Crippen LogP contribution in [0.5, 0.6) is 0 Å². The fourth-order valence-corrected chi connectivity index (χ4v) is 2.30. The van der Waals surface area contributed by atoms with E-state index in [9.17, 15) is 14.4 Å². The summed E-state index contributed by atoms with van der Waals surface area (Å²) in [6.45, 7) is 3.80. The number of hydrogen-bond acceptors (Lipinski definition) is 2. The van der Waals surface area contributed by atoms with Gasteiger partial charge in [0.05, 0.1) is 5.02 Å². The summed E-state index contributed by atoms with van der Waals surface area (Å²) in [5.74, 6) is -1.21. The Kier molecular flexibility index (Phi) is 5.15. The second-order valence-electron chi connectivity index (χ2n) is 5.08. The molecular weight excluding hydrogens is 315 g/mol. The first kappa shape index (κ1) is 16.7. The molecule has 0 aromatic heterocycles. The van der Waals surface area contributed by atoms with Crippen LogP contribution in [-0.2, 0) is 4.79 Å². The van der Waals surface area contributed by atoms with Crippen LogP contribution in [0, 0.1) is 31.0 Å². The largest absolute Gasteiger partial charge is 0.321 e. The zero-order valence-corrected chi connectivity index (χ0v) is 13.4. The van der Waals surface area contributed by atoms with E-state index in [0.717, 1.165) is 17.2 Å². The van der Waals surface area contributed by atoms with Crippen LogP contribution in [0.2, 0.25) is 5.02 Å². The van der Waals surface area contributed by atoms with Gasteiger partial charge in [0, 0.05) is 11.3 Å². The average Bonchev–Trinajstić information content (AvgIpc) is 2.50. The lowest BCUT2D eigenvalue weighted by atomic mass is 10.1. The number of nitrogens with one attached hydrogen (secondary N) is 1. The van der Waals surface area contributed by atoms with Gasteiger partial charge < -0.3 is 5.32 Å². The van der Waals surface area contributed by atoms with Gasteiger partial charge in [-0.05, 0) is 43.7 Å². The van der Waals surface area contributed by atoms with Crippen LogP contribution in [0.25, 0.3) is 6.08 Å². The van der Waals surface area contributed by atoms with Crippen molar-refractivity contribution in [1.29, 1.82) is 5.26 Å². The van der Waals surface area contributed by atoms with Crippen LogP contribution in [0.4, 0.5) is 10.1 Å². The molecule has 0 heterocycles. The summed E-state index contributed by atoms with van der Waals surface area (Å²) < 4.78 is 13.8.